The Morgan fingerprint density at radius 2 is 2.19 bits per heavy atom. The van der Waals surface area contributed by atoms with E-state index in [9.17, 15) is 9.59 Å². The molecule has 1 aliphatic rings. The molecule has 1 aromatic carbocycles. The van der Waals surface area contributed by atoms with Crippen molar-refractivity contribution in [1.29, 1.82) is 0 Å². The van der Waals surface area contributed by atoms with Crippen molar-refractivity contribution < 1.29 is 9.59 Å². The van der Waals surface area contributed by atoms with E-state index in [-0.39, 0.29) is 17.9 Å². The molecular weight excluding hydrogens is 268 g/mol. The summed E-state index contributed by atoms with van der Waals surface area (Å²) in [4.78, 5) is 25.7. The van der Waals surface area contributed by atoms with Crippen molar-refractivity contribution in [3.05, 3.63) is 23.8 Å². The Morgan fingerprint density at radius 3 is 2.90 bits per heavy atom. The van der Waals surface area contributed by atoms with Gasteiger partial charge in [-0.25, -0.2) is 0 Å². The Bertz CT molecular complexity index is 544. The van der Waals surface area contributed by atoms with Crippen LogP contribution in [0.2, 0.25) is 0 Å². The van der Waals surface area contributed by atoms with Crippen molar-refractivity contribution >= 4 is 23.2 Å². The molecule has 0 saturated carbocycles. The summed E-state index contributed by atoms with van der Waals surface area (Å²) >= 11 is 0. The molecule has 21 heavy (non-hydrogen) atoms. The number of benzene rings is 1. The van der Waals surface area contributed by atoms with Gasteiger partial charge < -0.3 is 16.4 Å². The third-order valence-electron chi connectivity index (χ3n) is 3.78. The number of hydrogen-bond acceptors (Lipinski definition) is 4. The fourth-order valence-corrected chi connectivity index (χ4v) is 2.40. The first kappa shape index (κ1) is 15.3. The summed E-state index contributed by atoms with van der Waals surface area (Å²) in [5, 5.41) is 5.73. The number of carbonyl (C=O) groups is 2. The molecule has 6 heteroatoms. The fourth-order valence-electron chi connectivity index (χ4n) is 2.40. The molecule has 0 spiro atoms. The second kappa shape index (κ2) is 6.58. The van der Waals surface area contributed by atoms with Crippen LogP contribution in [0, 0.1) is 6.92 Å². The molecule has 6 nitrogen and oxygen atoms in total. The first-order valence-electron chi connectivity index (χ1n) is 7.15. The molecule has 0 aromatic heterocycles. The zero-order valence-corrected chi connectivity index (χ0v) is 12.5. The van der Waals surface area contributed by atoms with Crippen molar-refractivity contribution in [1.82, 2.24) is 10.2 Å². The monoisotopic (exact) mass is 290 g/mol. The molecule has 114 valence electrons. The van der Waals surface area contributed by atoms with Crippen molar-refractivity contribution in [3.8, 4) is 0 Å². The van der Waals surface area contributed by atoms with Crippen LogP contribution in [0.1, 0.15) is 18.9 Å². The van der Waals surface area contributed by atoms with E-state index >= 15 is 0 Å². The molecular formula is C15H22N4O2. The average molecular weight is 290 g/mol. The molecule has 0 bridgehead atoms. The number of anilines is 2. The Balaban J connectivity index is 2.00. The van der Waals surface area contributed by atoms with Gasteiger partial charge in [0.25, 0.3) is 0 Å². The standard InChI is InChI=1S/C15H22N4O2/c1-10-9-12(16)3-4-13(10)18-15(21)11(2)19-7-5-14(20)17-6-8-19/h3-4,9,11H,5-8,16H2,1-2H3,(H,17,20)(H,18,21). The smallest absolute Gasteiger partial charge is 0.241 e. The first-order chi connectivity index (χ1) is 9.97. The van der Waals surface area contributed by atoms with Crippen molar-refractivity contribution in [2.45, 2.75) is 26.3 Å². The number of hydrogen-bond donors (Lipinski definition) is 3. The maximum absolute atomic E-state index is 12.4. The summed E-state index contributed by atoms with van der Waals surface area (Å²) in [7, 11) is 0. The minimum Gasteiger partial charge on any atom is -0.399 e. The molecule has 1 aromatic rings. The van der Waals surface area contributed by atoms with E-state index in [1.54, 1.807) is 6.07 Å². The minimum atomic E-state index is -0.283. The molecule has 1 heterocycles. The molecule has 1 aliphatic heterocycles. The topological polar surface area (TPSA) is 87.5 Å². The Hall–Kier alpha value is -2.08. The zero-order valence-electron chi connectivity index (χ0n) is 12.5. The summed E-state index contributed by atoms with van der Waals surface area (Å²) in [5.74, 6) is -0.0308. The minimum absolute atomic E-state index is 0.0412. The summed E-state index contributed by atoms with van der Waals surface area (Å²) in [6, 6.07) is 5.12. The van der Waals surface area contributed by atoms with Crippen LogP contribution in [0.3, 0.4) is 0 Å². The zero-order chi connectivity index (χ0) is 15.4. The highest BCUT2D eigenvalue weighted by molar-refractivity contribution is 5.95. The Morgan fingerprint density at radius 1 is 1.43 bits per heavy atom. The summed E-state index contributed by atoms with van der Waals surface area (Å²) in [5.41, 5.74) is 8.08. The lowest BCUT2D eigenvalue weighted by Gasteiger charge is -2.26. The number of rotatable bonds is 3. The van der Waals surface area contributed by atoms with E-state index in [1.807, 2.05) is 30.9 Å². The van der Waals surface area contributed by atoms with Crippen LogP contribution < -0.4 is 16.4 Å². The van der Waals surface area contributed by atoms with Gasteiger partial charge in [-0.3, -0.25) is 14.5 Å². The number of nitrogens with two attached hydrogens (primary N) is 1. The van der Waals surface area contributed by atoms with Gasteiger partial charge in [0.15, 0.2) is 0 Å². The van der Waals surface area contributed by atoms with Crippen LogP contribution in [0.15, 0.2) is 18.2 Å². The molecule has 1 unspecified atom stereocenters. The average Bonchev–Trinajstić information content (AvgIpc) is 2.66. The van der Waals surface area contributed by atoms with E-state index in [0.29, 0.717) is 31.7 Å². The maximum Gasteiger partial charge on any atom is 0.241 e. The Kier molecular flexibility index (Phi) is 4.80. The largest absolute Gasteiger partial charge is 0.399 e. The van der Waals surface area contributed by atoms with Gasteiger partial charge in [-0.15, -0.1) is 0 Å². The van der Waals surface area contributed by atoms with Crippen molar-refractivity contribution in [2.24, 2.45) is 0 Å². The Labute approximate surface area is 124 Å². The number of amides is 2. The number of nitrogens with one attached hydrogen (secondary N) is 2. The van der Waals surface area contributed by atoms with Crippen molar-refractivity contribution in [3.63, 3.8) is 0 Å². The highest BCUT2D eigenvalue weighted by atomic mass is 16.2. The third-order valence-corrected chi connectivity index (χ3v) is 3.78. The third kappa shape index (κ3) is 3.95. The number of nitrogens with zero attached hydrogens (tertiary/aromatic N) is 1. The first-order valence-corrected chi connectivity index (χ1v) is 7.15. The van der Waals surface area contributed by atoms with E-state index in [4.69, 9.17) is 5.73 Å². The fraction of sp³-hybridized carbons (Fsp3) is 0.467. The van der Waals surface area contributed by atoms with Crippen LogP contribution in [-0.2, 0) is 9.59 Å². The van der Waals surface area contributed by atoms with Gasteiger partial charge in [-0.05, 0) is 37.6 Å². The van der Waals surface area contributed by atoms with Gasteiger partial charge in [0.1, 0.15) is 0 Å². The second-order valence-corrected chi connectivity index (χ2v) is 5.38. The summed E-state index contributed by atoms with van der Waals surface area (Å²) in [6.45, 7) is 5.63. The van der Waals surface area contributed by atoms with Crippen LogP contribution >= 0.6 is 0 Å². The molecule has 1 saturated heterocycles. The lowest BCUT2D eigenvalue weighted by molar-refractivity contribution is -0.122. The van der Waals surface area contributed by atoms with E-state index < -0.39 is 0 Å². The van der Waals surface area contributed by atoms with Gasteiger partial charge >= 0.3 is 0 Å². The van der Waals surface area contributed by atoms with E-state index in [0.717, 1.165) is 11.3 Å². The summed E-state index contributed by atoms with van der Waals surface area (Å²) < 4.78 is 0. The predicted octanol–water partition coefficient (Wildman–Crippen LogP) is 0.726. The van der Waals surface area contributed by atoms with E-state index in [2.05, 4.69) is 10.6 Å². The highest BCUT2D eigenvalue weighted by Crippen LogP contribution is 2.18. The second-order valence-electron chi connectivity index (χ2n) is 5.38. The number of nitrogen functional groups attached to an aromatic ring is 1. The van der Waals surface area contributed by atoms with Gasteiger partial charge in [-0.1, -0.05) is 0 Å². The summed E-state index contributed by atoms with van der Waals surface area (Å²) in [6.07, 6.45) is 0.429. The maximum atomic E-state index is 12.4. The molecule has 2 rings (SSSR count). The predicted molar refractivity (Wildman–Crippen MR) is 82.9 cm³/mol. The number of carbonyl (C=O) groups excluding carboxylic acids is 2. The SMILES string of the molecule is Cc1cc(N)ccc1NC(=O)C(C)N1CCNC(=O)CC1. The number of aryl methyl sites for hydroxylation is 1. The lowest BCUT2D eigenvalue weighted by atomic mass is 10.1. The quantitative estimate of drug-likeness (QED) is 0.716. The molecule has 4 N–H and O–H groups in total. The molecule has 1 atom stereocenters. The molecule has 0 radical (unpaired) electrons. The molecule has 2 amide bonds. The van der Waals surface area contributed by atoms with Gasteiger partial charge in [0.05, 0.1) is 6.04 Å². The van der Waals surface area contributed by atoms with Gasteiger partial charge in [0.2, 0.25) is 11.8 Å². The van der Waals surface area contributed by atoms with Crippen LogP contribution in [0.4, 0.5) is 11.4 Å². The van der Waals surface area contributed by atoms with Gasteiger partial charge in [0, 0.05) is 37.4 Å². The van der Waals surface area contributed by atoms with Gasteiger partial charge in [-0.2, -0.15) is 0 Å². The highest BCUT2D eigenvalue weighted by Gasteiger charge is 2.24. The van der Waals surface area contributed by atoms with Crippen LogP contribution in [0.5, 0.6) is 0 Å². The molecule has 0 aliphatic carbocycles. The lowest BCUT2D eigenvalue weighted by Crippen LogP contribution is -2.43. The van der Waals surface area contributed by atoms with Crippen LogP contribution in [-0.4, -0.2) is 42.4 Å². The van der Waals surface area contributed by atoms with E-state index in [1.165, 1.54) is 0 Å². The normalized spacial score (nSPS) is 17.7. The molecule has 1 fully saturated rings. The van der Waals surface area contributed by atoms with Crippen molar-refractivity contribution in [2.75, 3.05) is 30.7 Å². The van der Waals surface area contributed by atoms with Crippen LogP contribution in [0.25, 0.3) is 0 Å².